The van der Waals surface area contributed by atoms with Crippen molar-refractivity contribution in [2.24, 2.45) is 5.73 Å². The largest absolute Gasteiger partial charge is 0.488 e. The summed E-state index contributed by atoms with van der Waals surface area (Å²) in [6.45, 7) is 2.93. The Bertz CT molecular complexity index is 534. The highest BCUT2D eigenvalue weighted by Crippen LogP contribution is 2.29. The van der Waals surface area contributed by atoms with Gasteiger partial charge in [0.15, 0.2) is 0 Å². The van der Waals surface area contributed by atoms with E-state index in [1.807, 2.05) is 19.1 Å². The third-order valence-corrected chi connectivity index (χ3v) is 3.57. The van der Waals surface area contributed by atoms with Crippen LogP contribution in [-0.4, -0.2) is 16.7 Å². The molecule has 2 atom stereocenters. The van der Waals surface area contributed by atoms with Gasteiger partial charge in [0, 0.05) is 30.8 Å². The first kappa shape index (κ1) is 12.3. The van der Waals surface area contributed by atoms with Gasteiger partial charge in [-0.3, -0.25) is 0 Å². The number of hydrogen-bond acceptors (Lipinski definition) is 2. The van der Waals surface area contributed by atoms with Gasteiger partial charge in [0.25, 0.3) is 0 Å². The predicted molar refractivity (Wildman–Crippen MR) is 76.3 cm³/mol. The summed E-state index contributed by atoms with van der Waals surface area (Å²) in [6, 6.07) is 12.7. The maximum absolute atomic E-state index is 5.99. The van der Waals surface area contributed by atoms with E-state index in [0.717, 1.165) is 25.1 Å². The molecule has 0 bridgehead atoms. The van der Waals surface area contributed by atoms with Gasteiger partial charge in [-0.1, -0.05) is 18.2 Å². The summed E-state index contributed by atoms with van der Waals surface area (Å²) in [5.74, 6) is 1.04. The number of hydrogen-bond donors (Lipinski definition) is 1. The number of para-hydroxylation sites is 1. The van der Waals surface area contributed by atoms with E-state index in [1.165, 1.54) is 11.3 Å². The van der Waals surface area contributed by atoms with E-state index in [0.29, 0.717) is 0 Å². The minimum atomic E-state index is 0.190. The number of benzene rings is 1. The molecule has 0 saturated heterocycles. The molecular formula is C16H20N2O. The molecule has 0 fully saturated rings. The Kier molecular flexibility index (Phi) is 3.30. The molecule has 0 spiro atoms. The summed E-state index contributed by atoms with van der Waals surface area (Å²) >= 11 is 0. The SMILES string of the molecule is CC(N)Cc1cccn1CC1Cc2ccccc2O1. The predicted octanol–water partition coefficient (Wildman–Crippen LogP) is 2.38. The van der Waals surface area contributed by atoms with Crippen LogP contribution in [-0.2, 0) is 19.4 Å². The second kappa shape index (κ2) is 5.10. The quantitative estimate of drug-likeness (QED) is 0.912. The zero-order valence-corrected chi connectivity index (χ0v) is 11.3. The van der Waals surface area contributed by atoms with Crippen LogP contribution < -0.4 is 10.5 Å². The smallest absolute Gasteiger partial charge is 0.123 e. The van der Waals surface area contributed by atoms with Gasteiger partial charge in [0.05, 0.1) is 6.54 Å². The lowest BCUT2D eigenvalue weighted by Gasteiger charge is -2.15. The van der Waals surface area contributed by atoms with Crippen molar-refractivity contribution in [1.29, 1.82) is 0 Å². The van der Waals surface area contributed by atoms with Crippen molar-refractivity contribution in [1.82, 2.24) is 4.57 Å². The fraction of sp³-hybridized carbons (Fsp3) is 0.375. The number of fused-ring (bicyclic) bond motifs is 1. The molecule has 0 radical (unpaired) electrons. The first-order chi connectivity index (χ1) is 9.22. The van der Waals surface area contributed by atoms with Crippen molar-refractivity contribution in [2.75, 3.05) is 0 Å². The molecule has 100 valence electrons. The monoisotopic (exact) mass is 256 g/mol. The Morgan fingerprint density at radius 3 is 2.95 bits per heavy atom. The van der Waals surface area contributed by atoms with Gasteiger partial charge in [-0.25, -0.2) is 0 Å². The average Bonchev–Trinajstić information content (AvgIpc) is 2.95. The summed E-state index contributed by atoms with van der Waals surface area (Å²) in [7, 11) is 0. The summed E-state index contributed by atoms with van der Waals surface area (Å²) in [6.07, 6.45) is 4.25. The lowest BCUT2D eigenvalue weighted by molar-refractivity contribution is 0.208. The molecule has 2 N–H and O–H groups in total. The molecule has 1 aromatic heterocycles. The highest BCUT2D eigenvalue weighted by Gasteiger charge is 2.23. The number of aromatic nitrogens is 1. The summed E-state index contributed by atoms with van der Waals surface area (Å²) < 4.78 is 8.25. The Balaban J connectivity index is 1.69. The second-order valence-corrected chi connectivity index (χ2v) is 5.39. The molecule has 1 aliphatic rings. The molecule has 3 heteroatoms. The van der Waals surface area contributed by atoms with Crippen molar-refractivity contribution >= 4 is 0 Å². The van der Waals surface area contributed by atoms with Crippen molar-refractivity contribution < 1.29 is 4.74 Å². The maximum Gasteiger partial charge on any atom is 0.123 e. The van der Waals surface area contributed by atoms with E-state index < -0.39 is 0 Å². The molecule has 2 aromatic rings. The molecule has 0 aliphatic carbocycles. The lowest BCUT2D eigenvalue weighted by Crippen LogP contribution is -2.24. The highest BCUT2D eigenvalue weighted by molar-refractivity contribution is 5.37. The molecule has 1 aliphatic heterocycles. The van der Waals surface area contributed by atoms with Gasteiger partial charge >= 0.3 is 0 Å². The van der Waals surface area contributed by atoms with E-state index in [1.54, 1.807) is 0 Å². The molecule has 2 heterocycles. The standard InChI is InChI=1S/C16H20N2O/c1-12(17)9-14-6-4-8-18(14)11-15-10-13-5-2-3-7-16(13)19-15/h2-8,12,15H,9-11,17H2,1H3. The van der Waals surface area contributed by atoms with Crippen LogP contribution in [0, 0.1) is 0 Å². The fourth-order valence-electron chi connectivity index (χ4n) is 2.72. The van der Waals surface area contributed by atoms with Crippen LogP contribution >= 0.6 is 0 Å². The van der Waals surface area contributed by atoms with Crippen LogP contribution in [0.15, 0.2) is 42.6 Å². The first-order valence-corrected chi connectivity index (χ1v) is 6.86. The van der Waals surface area contributed by atoms with Crippen LogP contribution in [0.5, 0.6) is 5.75 Å². The van der Waals surface area contributed by atoms with E-state index >= 15 is 0 Å². The minimum absolute atomic E-state index is 0.190. The summed E-state index contributed by atoms with van der Waals surface area (Å²) in [5, 5.41) is 0. The Labute approximate surface area is 114 Å². The average molecular weight is 256 g/mol. The third kappa shape index (κ3) is 2.66. The lowest BCUT2D eigenvalue weighted by atomic mass is 10.1. The number of rotatable bonds is 4. The van der Waals surface area contributed by atoms with Gasteiger partial charge < -0.3 is 15.0 Å². The van der Waals surface area contributed by atoms with E-state index in [4.69, 9.17) is 10.5 Å². The molecule has 3 nitrogen and oxygen atoms in total. The normalized spacial score (nSPS) is 18.9. The number of ether oxygens (including phenoxy) is 1. The van der Waals surface area contributed by atoms with Crippen molar-refractivity contribution in [3.8, 4) is 5.75 Å². The molecule has 3 rings (SSSR count). The van der Waals surface area contributed by atoms with Gasteiger partial charge in [0.2, 0.25) is 0 Å². The maximum atomic E-state index is 5.99. The first-order valence-electron chi connectivity index (χ1n) is 6.86. The van der Waals surface area contributed by atoms with Crippen LogP contribution in [0.3, 0.4) is 0 Å². The molecule has 1 aromatic carbocycles. The molecule has 2 unspecified atom stereocenters. The Hall–Kier alpha value is -1.74. The minimum Gasteiger partial charge on any atom is -0.488 e. The zero-order valence-electron chi connectivity index (χ0n) is 11.3. The second-order valence-electron chi connectivity index (χ2n) is 5.39. The van der Waals surface area contributed by atoms with Gasteiger partial charge in [-0.05, 0) is 30.7 Å². The molecular weight excluding hydrogens is 236 g/mol. The zero-order chi connectivity index (χ0) is 13.2. The Morgan fingerprint density at radius 1 is 1.32 bits per heavy atom. The molecule has 19 heavy (non-hydrogen) atoms. The van der Waals surface area contributed by atoms with Crippen LogP contribution in [0.1, 0.15) is 18.2 Å². The fourth-order valence-corrected chi connectivity index (χ4v) is 2.72. The summed E-state index contributed by atoms with van der Waals surface area (Å²) in [4.78, 5) is 0. The van der Waals surface area contributed by atoms with Gasteiger partial charge in [-0.15, -0.1) is 0 Å². The number of nitrogens with two attached hydrogens (primary N) is 1. The molecule has 0 amide bonds. The van der Waals surface area contributed by atoms with E-state index in [9.17, 15) is 0 Å². The van der Waals surface area contributed by atoms with E-state index in [-0.39, 0.29) is 12.1 Å². The Morgan fingerprint density at radius 2 is 2.16 bits per heavy atom. The van der Waals surface area contributed by atoms with Gasteiger partial charge in [-0.2, -0.15) is 0 Å². The summed E-state index contributed by atoms with van der Waals surface area (Å²) in [5.41, 5.74) is 8.48. The van der Waals surface area contributed by atoms with Gasteiger partial charge in [0.1, 0.15) is 11.9 Å². The highest BCUT2D eigenvalue weighted by atomic mass is 16.5. The third-order valence-electron chi connectivity index (χ3n) is 3.57. The van der Waals surface area contributed by atoms with E-state index in [2.05, 4.69) is 35.0 Å². The number of nitrogens with zero attached hydrogens (tertiary/aromatic N) is 1. The van der Waals surface area contributed by atoms with Crippen LogP contribution in [0.25, 0.3) is 0 Å². The molecule has 0 saturated carbocycles. The van der Waals surface area contributed by atoms with Crippen molar-refractivity contribution in [2.45, 2.75) is 38.5 Å². The van der Waals surface area contributed by atoms with Crippen molar-refractivity contribution in [3.63, 3.8) is 0 Å². The topological polar surface area (TPSA) is 40.2 Å². The van der Waals surface area contributed by atoms with Crippen LogP contribution in [0.2, 0.25) is 0 Å². The van der Waals surface area contributed by atoms with Crippen LogP contribution in [0.4, 0.5) is 0 Å². The van der Waals surface area contributed by atoms with Crippen molar-refractivity contribution in [3.05, 3.63) is 53.9 Å².